The van der Waals surface area contributed by atoms with Gasteiger partial charge in [-0.2, -0.15) is 4.98 Å². The molecule has 0 radical (unpaired) electrons. The molecule has 0 spiro atoms. The van der Waals surface area contributed by atoms with Gasteiger partial charge in [0.2, 0.25) is 5.95 Å². The van der Waals surface area contributed by atoms with Gasteiger partial charge >= 0.3 is 0 Å². The summed E-state index contributed by atoms with van der Waals surface area (Å²) in [5.41, 5.74) is 8.04. The number of ether oxygens (including phenoxy) is 1. The summed E-state index contributed by atoms with van der Waals surface area (Å²) >= 11 is 12.6. The Morgan fingerprint density at radius 2 is 1.90 bits per heavy atom. The fourth-order valence-electron chi connectivity index (χ4n) is 3.35. The van der Waals surface area contributed by atoms with Gasteiger partial charge in [0.1, 0.15) is 5.82 Å². The summed E-state index contributed by atoms with van der Waals surface area (Å²) in [6.45, 7) is 5.43. The van der Waals surface area contributed by atoms with E-state index in [1.165, 1.54) is 0 Å². The van der Waals surface area contributed by atoms with E-state index in [0.717, 1.165) is 51.2 Å². The lowest BCUT2D eigenvalue weighted by Gasteiger charge is -2.26. The van der Waals surface area contributed by atoms with Crippen LogP contribution in [-0.4, -0.2) is 59.2 Å². The molecule has 3 N–H and O–H groups in total. The Morgan fingerprint density at radius 3 is 2.66 bits per heavy atom. The summed E-state index contributed by atoms with van der Waals surface area (Å²) in [6.07, 6.45) is 2.73. The Bertz CT molecular complexity index is 989. The minimum Gasteiger partial charge on any atom is -0.383 e. The lowest BCUT2D eigenvalue weighted by molar-refractivity contribution is 0.0378. The van der Waals surface area contributed by atoms with Gasteiger partial charge in [-0.15, -0.1) is 0 Å². The van der Waals surface area contributed by atoms with Gasteiger partial charge in [-0.05, 0) is 31.2 Å². The van der Waals surface area contributed by atoms with Crippen LogP contribution in [-0.2, 0) is 4.74 Å². The smallest absolute Gasteiger partial charge is 0.224 e. The van der Waals surface area contributed by atoms with Gasteiger partial charge in [0.25, 0.3) is 0 Å². The predicted molar refractivity (Wildman–Crippen MR) is 118 cm³/mol. The maximum absolute atomic E-state index is 6.32. The van der Waals surface area contributed by atoms with Crippen LogP contribution in [0.25, 0.3) is 22.2 Å². The third-order valence-electron chi connectivity index (χ3n) is 4.87. The second-order valence-corrected chi connectivity index (χ2v) is 7.67. The number of halogens is 2. The number of hydrogen-bond acceptors (Lipinski definition) is 7. The van der Waals surface area contributed by atoms with Crippen molar-refractivity contribution < 1.29 is 4.74 Å². The number of aromatic nitrogens is 3. The fraction of sp³-hybridized carbons (Fsp3) is 0.350. The van der Waals surface area contributed by atoms with E-state index in [4.69, 9.17) is 33.7 Å². The van der Waals surface area contributed by atoms with E-state index < -0.39 is 0 Å². The van der Waals surface area contributed by atoms with Crippen molar-refractivity contribution in [2.24, 2.45) is 0 Å². The Balaban J connectivity index is 1.47. The van der Waals surface area contributed by atoms with Gasteiger partial charge in [0.05, 0.1) is 23.3 Å². The third kappa shape index (κ3) is 4.70. The minimum absolute atomic E-state index is 0.324. The first-order valence-electron chi connectivity index (χ1n) is 9.53. The molecule has 0 saturated carbocycles. The zero-order valence-electron chi connectivity index (χ0n) is 15.9. The molecule has 1 fully saturated rings. The molecule has 0 atom stereocenters. The number of nitrogens with one attached hydrogen (secondary N) is 1. The molecule has 3 aromatic rings. The van der Waals surface area contributed by atoms with E-state index in [-0.39, 0.29) is 0 Å². The molecule has 3 heterocycles. The first-order valence-corrected chi connectivity index (χ1v) is 10.3. The number of hydrogen-bond donors (Lipinski definition) is 2. The van der Waals surface area contributed by atoms with Crippen molar-refractivity contribution in [2.75, 3.05) is 50.4 Å². The van der Waals surface area contributed by atoms with Crippen molar-refractivity contribution in [3.05, 3.63) is 40.5 Å². The molecule has 0 bridgehead atoms. The summed E-state index contributed by atoms with van der Waals surface area (Å²) in [7, 11) is 0. The fourth-order valence-corrected chi connectivity index (χ4v) is 3.95. The van der Waals surface area contributed by atoms with Crippen LogP contribution in [0.1, 0.15) is 6.42 Å². The molecular weight excluding hydrogens is 411 g/mol. The zero-order valence-corrected chi connectivity index (χ0v) is 17.4. The second kappa shape index (κ2) is 9.09. The third-order valence-corrected chi connectivity index (χ3v) is 5.50. The van der Waals surface area contributed by atoms with Gasteiger partial charge in [-0.3, -0.25) is 4.90 Å². The Labute approximate surface area is 179 Å². The molecule has 152 valence electrons. The van der Waals surface area contributed by atoms with E-state index in [0.29, 0.717) is 38.6 Å². The van der Waals surface area contributed by atoms with E-state index in [1.54, 1.807) is 24.4 Å². The highest BCUT2D eigenvalue weighted by atomic mass is 35.5. The summed E-state index contributed by atoms with van der Waals surface area (Å²) < 4.78 is 5.37. The van der Waals surface area contributed by atoms with Crippen LogP contribution in [0.4, 0.5) is 11.8 Å². The average Bonchev–Trinajstić information content (AvgIpc) is 2.72. The number of nitrogen functional groups attached to an aromatic ring is 1. The van der Waals surface area contributed by atoms with Gasteiger partial charge in [-0.25, -0.2) is 9.97 Å². The standard InChI is InChI=1S/C20H22Cl2N6O/c21-15-3-1-4-16(22)17(15)14-11-13-12-25-20(27-19(13)26-18(14)23)24-5-2-6-28-7-9-29-10-8-28/h1,3-4,11-12H,2,5-10H2,(H3,23,24,25,26,27). The van der Waals surface area contributed by atoms with Crippen LogP contribution in [0.15, 0.2) is 30.5 Å². The van der Waals surface area contributed by atoms with E-state index in [1.807, 2.05) is 6.07 Å². The summed E-state index contributed by atoms with van der Waals surface area (Å²) in [5.74, 6) is 0.861. The quantitative estimate of drug-likeness (QED) is 0.573. The molecule has 7 nitrogen and oxygen atoms in total. The lowest BCUT2D eigenvalue weighted by Crippen LogP contribution is -2.37. The van der Waals surface area contributed by atoms with Crippen LogP contribution < -0.4 is 11.1 Å². The summed E-state index contributed by atoms with van der Waals surface area (Å²) in [4.78, 5) is 15.7. The van der Waals surface area contributed by atoms with Crippen molar-refractivity contribution in [1.82, 2.24) is 19.9 Å². The van der Waals surface area contributed by atoms with Crippen molar-refractivity contribution in [3.63, 3.8) is 0 Å². The molecule has 4 rings (SSSR count). The van der Waals surface area contributed by atoms with E-state index in [2.05, 4.69) is 25.2 Å². The molecule has 1 aromatic carbocycles. The molecule has 0 amide bonds. The van der Waals surface area contributed by atoms with E-state index >= 15 is 0 Å². The normalized spacial score (nSPS) is 15.0. The molecule has 1 aliphatic heterocycles. The number of anilines is 2. The van der Waals surface area contributed by atoms with Crippen molar-refractivity contribution in [2.45, 2.75) is 6.42 Å². The summed E-state index contributed by atoms with van der Waals surface area (Å²) in [5, 5.41) is 5.06. The van der Waals surface area contributed by atoms with Crippen molar-refractivity contribution >= 4 is 46.0 Å². The molecule has 2 aromatic heterocycles. The molecule has 9 heteroatoms. The molecule has 0 aliphatic carbocycles. The Hall–Kier alpha value is -2.19. The average molecular weight is 433 g/mol. The first kappa shape index (κ1) is 20.1. The van der Waals surface area contributed by atoms with Crippen molar-refractivity contribution in [3.8, 4) is 11.1 Å². The van der Waals surface area contributed by atoms with Crippen LogP contribution in [0, 0.1) is 0 Å². The van der Waals surface area contributed by atoms with Crippen LogP contribution in [0.3, 0.4) is 0 Å². The first-order chi connectivity index (χ1) is 14.1. The Morgan fingerprint density at radius 1 is 1.14 bits per heavy atom. The number of rotatable bonds is 6. The number of nitrogens with zero attached hydrogens (tertiary/aromatic N) is 4. The van der Waals surface area contributed by atoms with Crippen LogP contribution >= 0.6 is 23.2 Å². The van der Waals surface area contributed by atoms with Gasteiger partial charge < -0.3 is 15.8 Å². The largest absolute Gasteiger partial charge is 0.383 e. The highest BCUT2D eigenvalue weighted by Gasteiger charge is 2.15. The molecular formula is C20H22Cl2N6O. The molecule has 0 unspecified atom stereocenters. The van der Waals surface area contributed by atoms with Gasteiger partial charge in [-0.1, -0.05) is 29.3 Å². The SMILES string of the molecule is Nc1nc2nc(NCCCN3CCOCC3)ncc2cc1-c1c(Cl)cccc1Cl. The topological polar surface area (TPSA) is 89.2 Å². The monoisotopic (exact) mass is 432 g/mol. The number of benzene rings is 1. The molecule has 1 saturated heterocycles. The minimum atomic E-state index is 0.324. The van der Waals surface area contributed by atoms with Crippen LogP contribution in [0.5, 0.6) is 0 Å². The summed E-state index contributed by atoms with van der Waals surface area (Å²) in [6, 6.07) is 7.20. The van der Waals surface area contributed by atoms with E-state index in [9.17, 15) is 0 Å². The Kier molecular flexibility index (Phi) is 6.30. The second-order valence-electron chi connectivity index (χ2n) is 6.86. The zero-order chi connectivity index (χ0) is 20.2. The number of fused-ring (bicyclic) bond motifs is 1. The van der Waals surface area contributed by atoms with Crippen LogP contribution in [0.2, 0.25) is 10.0 Å². The van der Waals surface area contributed by atoms with Crippen molar-refractivity contribution in [1.29, 1.82) is 0 Å². The highest BCUT2D eigenvalue weighted by molar-refractivity contribution is 6.39. The number of morpholine rings is 1. The van der Waals surface area contributed by atoms with Gasteiger partial charge in [0, 0.05) is 42.3 Å². The number of nitrogens with two attached hydrogens (primary N) is 1. The van der Waals surface area contributed by atoms with Gasteiger partial charge in [0.15, 0.2) is 5.65 Å². The predicted octanol–water partition coefficient (Wildman–Crippen LogP) is 3.72. The molecule has 1 aliphatic rings. The maximum atomic E-state index is 6.32. The molecule has 29 heavy (non-hydrogen) atoms. The number of pyridine rings is 1. The lowest BCUT2D eigenvalue weighted by atomic mass is 10.1. The maximum Gasteiger partial charge on any atom is 0.224 e. The highest BCUT2D eigenvalue weighted by Crippen LogP contribution is 2.38.